The molecule has 0 aromatic carbocycles. The van der Waals surface area contributed by atoms with Gasteiger partial charge in [0.15, 0.2) is 5.82 Å². The molecule has 14 heavy (non-hydrogen) atoms. The van der Waals surface area contributed by atoms with Crippen LogP contribution in [0.1, 0.15) is 6.42 Å². The summed E-state index contributed by atoms with van der Waals surface area (Å²) in [6, 6.07) is 1.37. The first-order valence-electron chi connectivity index (χ1n) is 4.31. The third-order valence-corrected chi connectivity index (χ3v) is 3.51. The molecule has 0 spiro atoms. The van der Waals surface area contributed by atoms with Gasteiger partial charge in [-0.2, -0.15) is 11.8 Å². The molecule has 0 saturated carbocycles. The van der Waals surface area contributed by atoms with Gasteiger partial charge in [-0.05, 0) is 34.2 Å². The first-order chi connectivity index (χ1) is 6.75. The van der Waals surface area contributed by atoms with Gasteiger partial charge in [0.25, 0.3) is 5.88 Å². The zero-order valence-corrected chi connectivity index (χ0v) is 9.78. The molecule has 2 heterocycles. The van der Waals surface area contributed by atoms with E-state index in [0.29, 0.717) is 4.47 Å². The van der Waals surface area contributed by atoms with Gasteiger partial charge in [0, 0.05) is 16.4 Å². The van der Waals surface area contributed by atoms with Gasteiger partial charge in [-0.15, -0.1) is 0 Å². The van der Waals surface area contributed by atoms with E-state index in [4.69, 9.17) is 4.74 Å². The van der Waals surface area contributed by atoms with E-state index in [-0.39, 0.29) is 12.0 Å². The molecule has 1 aliphatic heterocycles. The molecule has 1 saturated heterocycles. The van der Waals surface area contributed by atoms with Gasteiger partial charge in [0.1, 0.15) is 6.10 Å². The average molecular weight is 278 g/mol. The minimum atomic E-state index is -0.406. The quantitative estimate of drug-likeness (QED) is 0.830. The molecule has 1 aromatic rings. The lowest BCUT2D eigenvalue weighted by Crippen LogP contribution is -2.16. The van der Waals surface area contributed by atoms with Gasteiger partial charge in [-0.25, -0.2) is 9.37 Å². The number of thioether (sulfide) groups is 1. The molecule has 0 bridgehead atoms. The summed E-state index contributed by atoms with van der Waals surface area (Å²) in [5, 5.41) is 0. The second kappa shape index (κ2) is 4.49. The molecular weight excluding hydrogens is 269 g/mol. The smallest absolute Gasteiger partial charge is 0.250 e. The summed E-state index contributed by atoms with van der Waals surface area (Å²) < 4.78 is 19.3. The minimum absolute atomic E-state index is 0.112. The lowest BCUT2D eigenvalue weighted by molar-refractivity contribution is 0.209. The van der Waals surface area contributed by atoms with E-state index in [0.717, 1.165) is 17.9 Å². The summed E-state index contributed by atoms with van der Waals surface area (Å²) in [5.41, 5.74) is 0. The van der Waals surface area contributed by atoms with E-state index < -0.39 is 5.82 Å². The van der Waals surface area contributed by atoms with Crippen LogP contribution in [0.25, 0.3) is 0 Å². The Bertz CT molecular complexity index is 331. The van der Waals surface area contributed by atoms with Crippen molar-refractivity contribution in [1.29, 1.82) is 0 Å². The Morgan fingerprint density at radius 1 is 1.64 bits per heavy atom. The molecule has 1 aromatic heterocycles. The Morgan fingerprint density at radius 3 is 3.14 bits per heavy atom. The van der Waals surface area contributed by atoms with Crippen molar-refractivity contribution in [1.82, 2.24) is 4.98 Å². The third kappa shape index (κ3) is 2.39. The van der Waals surface area contributed by atoms with Crippen molar-refractivity contribution in [2.75, 3.05) is 11.5 Å². The van der Waals surface area contributed by atoms with Crippen LogP contribution >= 0.6 is 27.7 Å². The first-order valence-corrected chi connectivity index (χ1v) is 6.26. The molecule has 76 valence electrons. The van der Waals surface area contributed by atoms with Crippen LogP contribution in [-0.2, 0) is 0 Å². The highest BCUT2D eigenvalue weighted by molar-refractivity contribution is 9.10. The molecule has 0 N–H and O–H groups in total. The molecule has 0 aliphatic carbocycles. The molecule has 5 heteroatoms. The molecule has 0 radical (unpaired) electrons. The van der Waals surface area contributed by atoms with Gasteiger partial charge in [-0.1, -0.05) is 0 Å². The normalized spacial score (nSPS) is 21.1. The van der Waals surface area contributed by atoms with Crippen LogP contribution in [0.5, 0.6) is 5.88 Å². The maximum Gasteiger partial charge on any atom is 0.250 e. The monoisotopic (exact) mass is 277 g/mol. The fourth-order valence-corrected chi connectivity index (χ4v) is 2.65. The summed E-state index contributed by atoms with van der Waals surface area (Å²) in [7, 11) is 0. The van der Waals surface area contributed by atoms with Crippen molar-refractivity contribution in [3.8, 4) is 5.88 Å². The standard InChI is InChI=1S/C9H9BrFNOS/c10-6-3-8(11)9(12-4-6)13-7-1-2-14-5-7/h3-4,7H,1-2,5H2. The second-order valence-corrected chi connectivity index (χ2v) is 5.11. The Hall–Kier alpha value is -0.290. The molecule has 1 unspecified atom stereocenters. The molecule has 1 atom stereocenters. The van der Waals surface area contributed by atoms with Crippen molar-refractivity contribution in [2.24, 2.45) is 0 Å². The number of aromatic nitrogens is 1. The van der Waals surface area contributed by atoms with Crippen LogP contribution in [0.3, 0.4) is 0 Å². The summed E-state index contributed by atoms with van der Waals surface area (Å²) in [6.07, 6.45) is 2.63. The fraction of sp³-hybridized carbons (Fsp3) is 0.444. The lowest BCUT2D eigenvalue weighted by Gasteiger charge is -2.11. The molecule has 1 fully saturated rings. The zero-order valence-electron chi connectivity index (χ0n) is 7.37. The Labute approximate surface area is 94.4 Å². The highest BCUT2D eigenvalue weighted by atomic mass is 79.9. The number of nitrogens with zero attached hydrogens (tertiary/aromatic N) is 1. The van der Waals surface area contributed by atoms with Crippen molar-refractivity contribution >= 4 is 27.7 Å². The zero-order chi connectivity index (χ0) is 9.97. The maximum absolute atomic E-state index is 13.3. The fourth-order valence-electron chi connectivity index (χ4n) is 1.25. The van der Waals surface area contributed by atoms with E-state index in [9.17, 15) is 4.39 Å². The molecule has 2 rings (SSSR count). The van der Waals surface area contributed by atoms with E-state index in [2.05, 4.69) is 20.9 Å². The van der Waals surface area contributed by atoms with Gasteiger partial charge >= 0.3 is 0 Å². The van der Waals surface area contributed by atoms with Crippen molar-refractivity contribution < 1.29 is 9.13 Å². The minimum Gasteiger partial charge on any atom is -0.471 e. The number of ether oxygens (including phenoxy) is 1. The number of hydrogen-bond donors (Lipinski definition) is 0. The van der Waals surface area contributed by atoms with Gasteiger partial charge in [-0.3, -0.25) is 0 Å². The van der Waals surface area contributed by atoms with E-state index in [1.165, 1.54) is 6.07 Å². The van der Waals surface area contributed by atoms with Crippen LogP contribution < -0.4 is 4.74 Å². The number of rotatable bonds is 2. The Kier molecular flexibility index (Phi) is 3.28. The second-order valence-electron chi connectivity index (χ2n) is 3.04. The van der Waals surface area contributed by atoms with Crippen LogP contribution in [0.2, 0.25) is 0 Å². The Balaban J connectivity index is 2.08. The summed E-state index contributed by atoms with van der Waals surface area (Å²) in [5.74, 6) is 1.72. The average Bonchev–Trinajstić information content (AvgIpc) is 2.62. The van der Waals surface area contributed by atoms with Crippen molar-refractivity contribution in [2.45, 2.75) is 12.5 Å². The lowest BCUT2D eigenvalue weighted by atomic mass is 10.3. The van der Waals surface area contributed by atoms with E-state index in [1.54, 1.807) is 6.20 Å². The molecule has 0 amide bonds. The van der Waals surface area contributed by atoms with Crippen LogP contribution in [-0.4, -0.2) is 22.6 Å². The largest absolute Gasteiger partial charge is 0.471 e. The SMILES string of the molecule is Fc1cc(Br)cnc1OC1CCSC1. The third-order valence-electron chi connectivity index (χ3n) is 1.94. The topological polar surface area (TPSA) is 22.1 Å². The number of halogens is 2. The van der Waals surface area contributed by atoms with Gasteiger partial charge in [0.05, 0.1) is 0 Å². The first kappa shape index (κ1) is 10.2. The summed E-state index contributed by atoms with van der Waals surface area (Å²) in [4.78, 5) is 3.89. The Morgan fingerprint density at radius 2 is 2.50 bits per heavy atom. The van der Waals surface area contributed by atoms with Crippen LogP contribution in [0.4, 0.5) is 4.39 Å². The number of pyridine rings is 1. The predicted octanol–water partition coefficient (Wildman–Crippen LogP) is 2.87. The maximum atomic E-state index is 13.3. The molecular formula is C9H9BrFNOS. The van der Waals surface area contributed by atoms with Crippen LogP contribution in [0, 0.1) is 5.82 Å². The highest BCUT2D eigenvalue weighted by Crippen LogP contribution is 2.24. The predicted molar refractivity (Wildman–Crippen MR) is 58.3 cm³/mol. The number of hydrogen-bond acceptors (Lipinski definition) is 3. The highest BCUT2D eigenvalue weighted by Gasteiger charge is 2.19. The van der Waals surface area contributed by atoms with Crippen molar-refractivity contribution in [3.05, 3.63) is 22.6 Å². The summed E-state index contributed by atoms with van der Waals surface area (Å²) in [6.45, 7) is 0. The van der Waals surface area contributed by atoms with Crippen LogP contribution in [0.15, 0.2) is 16.7 Å². The van der Waals surface area contributed by atoms with Gasteiger partial charge in [0.2, 0.25) is 0 Å². The molecule has 1 aliphatic rings. The van der Waals surface area contributed by atoms with Crippen molar-refractivity contribution in [3.63, 3.8) is 0 Å². The van der Waals surface area contributed by atoms with E-state index in [1.807, 2.05) is 11.8 Å². The van der Waals surface area contributed by atoms with Gasteiger partial charge < -0.3 is 4.74 Å². The van der Waals surface area contributed by atoms with E-state index >= 15 is 0 Å². The molecule has 2 nitrogen and oxygen atoms in total. The summed E-state index contributed by atoms with van der Waals surface area (Å²) >= 11 is 4.97.